The molecule has 41 heavy (non-hydrogen) atoms. The number of methoxy groups -OCH3 is 1. The smallest absolute Gasteiger partial charge is 0.331 e. The van der Waals surface area contributed by atoms with Crippen molar-refractivity contribution in [3.05, 3.63) is 91.8 Å². The second kappa shape index (κ2) is 12.3. The average molecular weight is 559 g/mol. The fraction of sp³-hybridized carbons (Fsp3) is 0.438. The molecule has 0 radical (unpaired) electrons. The Kier molecular flexibility index (Phi) is 8.54. The molecule has 1 saturated heterocycles. The van der Waals surface area contributed by atoms with Gasteiger partial charge < -0.3 is 14.5 Å². The molecule has 0 aliphatic carbocycles. The molecular weight excluding hydrogens is 520 g/mol. The maximum atomic E-state index is 13.4. The lowest BCUT2D eigenvalue weighted by atomic mass is 9.99. The molecule has 0 N–H and O–H groups in total. The van der Waals surface area contributed by atoms with Gasteiger partial charge in [0.25, 0.3) is 5.56 Å². The second-order valence-corrected chi connectivity index (χ2v) is 11.0. The Hall–Kier alpha value is -3.98. The number of benzene rings is 2. The van der Waals surface area contributed by atoms with Crippen molar-refractivity contribution in [1.29, 1.82) is 0 Å². The minimum absolute atomic E-state index is 0.0930. The van der Waals surface area contributed by atoms with Crippen LogP contribution < -0.4 is 11.2 Å². The molecule has 1 aromatic heterocycles. The van der Waals surface area contributed by atoms with Crippen LogP contribution in [-0.4, -0.2) is 70.1 Å². The molecule has 5 rings (SSSR count). The first-order valence-electron chi connectivity index (χ1n) is 14.3. The van der Waals surface area contributed by atoms with Crippen molar-refractivity contribution in [2.24, 2.45) is 0 Å². The number of aryl methyl sites for hydroxylation is 1. The molecule has 0 bridgehead atoms. The fourth-order valence-electron chi connectivity index (χ4n) is 6.04. The lowest BCUT2D eigenvalue weighted by Crippen LogP contribution is -2.50. The van der Waals surface area contributed by atoms with Crippen molar-refractivity contribution < 1.29 is 14.3 Å². The van der Waals surface area contributed by atoms with Crippen LogP contribution in [0.1, 0.15) is 35.1 Å². The van der Waals surface area contributed by atoms with Crippen LogP contribution >= 0.6 is 0 Å². The summed E-state index contributed by atoms with van der Waals surface area (Å²) in [6, 6.07) is 13.9. The number of hydrogen-bond acceptors (Lipinski definition) is 5. The lowest BCUT2D eigenvalue weighted by Gasteiger charge is -2.38. The molecule has 216 valence electrons. The molecule has 0 spiro atoms. The molecule has 1 fully saturated rings. The minimum atomic E-state index is -0.529. The zero-order valence-corrected chi connectivity index (χ0v) is 24.1. The summed E-state index contributed by atoms with van der Waals surface area (Å²) in [4.78, 5) is 57.0. The van der Waals surface area contributed by atoms with Crippen molar-refractivity contribution >= 4 is 11.8 Å². The van der Waals surface area contributed by atoms with Gasteiger partial charge in [0.1, 0.15) is 6.54 Å². The van der Waals surface area contributed by atoms with Gasteiger partial charge in [-0.1, -0.05) is 42.5 Å². The highest BCUT2D eigenvalue weighted by atomic mass is 16.5. The van der Waals surface area contributed by atoms with Crippen LogP contribution in [0.15, 0.2) is 58.3 Å². The fourth-order valence-corrected chi connectivity index (χ4v) is 6.04. The summed E-state index contributed by atoms with van der Waals surface area (Å²) in [5.74, 6) is -0.0347. The van der Waals surface area contributed by atoms with Gasteiger partial charge >= 0.3 is 5.69 Å². The van der Waals surface area contributed by atoms with Crippen molar-refractivity contribution in [2.45, 2.75) is 58.7 Å². The number of carbonyl (C=O) groups excluding carboxylic acids is 2. The van der Waals surface area contributed by atoms with Crippen molar-refractivity contribution in [3.63, 3.8) is 0 Å². The number of hydrogen-bond donors (Lipinski definition) is 0. The van der Waals surface area contributed by atoms with Gasteiger partial charge in [0.05, 0.1) is 25.1 Å². The monoisotopic (exact) mass is 558 g/mol. The Balaban J connectivity index is 1.32. The highest BCUT2D eigenvalue weighted by Gasteiger charge is 2.31. The third kappa shape index (κ3) is 5.91. The lowest BCUT2D eigenvalue weighted by molar-refractivity contribution is -0.136. The van der Waals surface area contributed by atoms with E-state index in [4.69, 9.17) is 4.74 Å². The summed E-state index contributed by atoms with van der Waals surface area (Å²) in [6.45, 7) is 5.78. The molecule has 2 amide bonds. The van der Waals surface area contributed by atoms with Crippen molar-refractivity contribution in [2.75, 3.05) is 33.4 Å². The molecule has 2 aliphatic rings. The van der Waals surface area contributed by atoms with Gasteiger partial charge in [0.2, 0.25) is 11.8 Å². The number of amides is 2. The van der Waals surface area contributed by atoms with Crippen molar-refractivity contribution in [3.8, 4) is 11.1 Å². The summed E-state index contributed by atoms with van der Waals surface area (Å²) in [5, 5.41) is 0. The van der Waals surface area contributed by atoms with E-state index in [-0.39, 0.29) is 37.6 Å². The Morgan fingerprint density at radius 2 is 1.66 bits per heavy atom. The number of likely N-dealkylation sites (tertiary alicyclic amines) is 1. The first kappa shape index (κ1) is 28.5. The average Bonchev–Trinajstić information content (AvgIpc) is 3.14. The molecule has 0 atom stereocenters. The zero-order valence-electron chi connectivity index (χ0n) is 24.1. The number of nitrogens with zero attached hydrogens (tertiary/aromatic N) is 4. The Morgan fingerprint density at radius 3 is 2.39 bits per heavy atom. The minimum Gasteiger partial charge on any atom is -0.383 e. The van der Waals surface area contributed by atoms with Crippen molar-refractivity contribution in [1.82, 2.24) is 18.9 Å². The normalized spacial score (nSPS) is 16.0. The van der Waals surface area contributed by atoms with Gasteiger partial charge in [-0.2, -0.15) is 0 Å². The van der Waals surface area contributed by atoms with E-state index in [1.807, 2.05) is 55.1 Å². The molecule has 3 heterocycles. The summed E-state index contributed by atoms with van der Waals surface area (Å²) < 4.78 is 7.64. The predicted molar refractivity (Wildman–Crippen MR) is 157 cm³/mol. The summed E-state index contributed by atoms with van der Waals surface area (Å²) in [6.07, 6.45) is 4.17. The van der Waals surface area contributed by atoms with E-state index in [9.17, 15) is 19.2 Å². The number of aromatic nitrogens is 2. The highest BCUT2D eigenvalue weighted by Crippen LogP contribution is 2.24. The maximum absolute atomic E-state index is 13.4. The van der Waals surface area contributed by atoms with Crippen LogP contribution in [0.25, 0.3) is 11.1 Å². The standard InChI is InChI=1S/C32H38N4O5/c1-22-7-6-10-27(23(22)2)28-20-34(32(40)36(31(28)39)17-18-41-3)21-30(38)33-14-12-26(13-15-33)35-16-11-24-8-4-5-9-25(24)19-29(35)37/h4-10,20,26H,11-19,21H2,1-3H3. The number of piperidine rings is 1. The number of fused-ring (bicyclic) bond motifs is 1. The third-order valence-electron chi connectivity index (χ3n) is 8.62. The Bertz CT molecular complexity index is 1560. The molecule has 9 nitrogen and oxygen atoms in total. The highest BCUT2D eigenvalue weighted by molar-refractivity contribution is 5.80. The summed E-state index contributed by atoms with van der Waals surface area (Å²) in [5.41, 5.74) is 4.52. The number of ether oxygens (including phenoxy) is 1. The van der Waals surface area contributed by atoms with Crippen LogP contribution in [0.3, 0.4) is 0 Å². The van der Waals surface area contributed by atoms with E-state index in [0.29, 0.717) is 44.5 Å². The van der Waals surface area contributed by atoms with Gasteiger partial charge in [-0.15, -0.1) is 0 Å². The summed E-state index contributed by atoms with van der Waals surface area (Å²) in [7, 11) is 1.52. The van der Waals surface area contributed by atoms with E-state index in [1.165, 1.54) is 23.4 Å². The van der Waals surface area contributed by atoms with E-state index in [1.54, 1.807) is 4.90 Å². The molecule has 0 unspecified atom stereocenters. The number of carbonyl (C=O) groups is 2. The topological polar surface area (TPSA) is 93.8 Å². The van der Waals surface area contributed by atoms with Gasteiger partial charge in [0.15, 0.2) is 0 Å². The quantitative estimate of drug-likeness (QED) is 0.445. The molecule has 9 heteroatoms. The maximum Gasteiger partial charge on any atom is 0.331 e. The van der Waals surface area contributed by atoms with Gasteiger partial charge in [0, 0.05) is 39.0 Å². The molecule has 0 saturated carbocycles. The van der Waals surface area contributed by atoms with Crippen LogP contribution in [0.2, 0.25) is 0 Å². The van der Waals surface area contributed by atoms with Gasteiger partial charge in [-0.25, -0.2) is 4.79 Å². The van der Waals surface area contributed by atoms with Gasteiger partial charge in [-0.05, 0) is 60.9 Å². The predicted octanol–water partition coefficient (Wildman–Crippen LogP) is 2.56. The number of rotatable bonds is 7. The van der Waals surface area contributed by atoms with Crippen LogP contribution in [0, 0.1) is 13.8 Å². The third-order valence-corrected chi connectivity index (χ3v) is 8.62. The first-order valence-corrected chi connectivity index (χ1v) is 14.3. The molecular formula is C32H38N4O5. The Morgan fingerprint density at radius 1 is 0.927 bits per heavy atom. The van der Waals surface area contributed by atoms with E-state index < -0.39 is 11.2 Å². The van der Waals surface area contributed by atoms with Crippen LogP contribution in [0.5, 0.6) is 0 Å². The zero-order chi connectivity index (χ0) is 29.1. The molecule has 2 aliphatic heterocycles. The molecule has 3 aromatic rings. The molecule has 2 aromatic carbocycles. The van der Waals surface area contributed by atoms with Gasteiger partial charge in [-0.3, -0.25) is 23.5 Å². The largest absolute Gasteiger partial charge is 0.383 e. The Labute approximate surface area is 240 Å². The van der Waals surface area contributed by atoms with Crippen LogP contribution in [-0.2, 0) is 40.3 Å². The van der Waals surface area contributed by atoms with E-state index in [2.05, 4.69) is 6.07 Å². The SMILES string of the molecule is COCCn1c(=O)c(-c2cccc(C)c2C)cn(CC(=O)N2CCC(N3CCc4ccccc4CC3=O)CC2)c1=O. The van der Waals surface area contributed by atoms with Crippen LogP contribution in [0.4, 0.5) is 0 Å². The van der Waals surface area contributed by atoms with E-state index in [0.717, 1.165) is 33.2 Å². The second-order valence-electron chi connectivity index (χ2n) is 11.0. The first-order chi connectivity index (χ1) is 19.8. The van der Waals surface area contributed by atoms with E-state index >= 15 is 0 Å². The summed E-state index contributed by atoms with van der Waals surface area (Å²) >= 11 is 0.